The maximum absolute atomic E-state index is 10.2. The summed E-state index contributed by atoms with van der Waals surface area (Å²) in [5.41, 5.74) is 8.00. The van der Waals surface area contributed by atoms with Crippen molar-refractivity contribution in [2.24, 2.45) is 5.73 Å². The molecule has 2 rings (SSSR count). The van der Waals surface area contributed by atoms with Gasteiger partial charge in [-0.25, -0.2) is 0 Å². The van der Waals surface area contributed by atoms with Crippen molar-refractivity contribution < 1.29 is 5.11 Å². The summed E-state index contributed by atoms with van der Waals surface area (Å²) >= 11 is 0. The first kappa shape index (κ1) is 11.6. The van der Waals surface area contributed by atoms with Crippen LogP contribution in [0.15, 0.2) is 24.3 Å². The minimum Gasteiger partial charge on any atom is -0.390 e. The van der Waals surface area contributed by atoms with Gasteiger partial charge in [-0.3, -0.25) is 0 Å². The second kappa shape index (κ2) is 3.86. The van der Waals surface area contributed by atoms with Gasteiger partial charge in [0.1, 0.15) is 0 Å². The largest absolute Gasteiger partial charge is 0.390 e. The number of aryl methyl sites for hydroxylation is 1. The first-order valence-electron chi connectivity index (χ1n) is 5.98. The third-order valence-corrected chi connectivity index (χ3v) is 3.97. The van der Waals surface area contributed by atoms with Crippen LogP contribution in [-0.2, 0) is 5.41 Å². The highest BCUT2D eigenvalue weighted by Crippen LogP contribution is 2.46. The van der Waals surface area contributed by atoms with Crippen molar-refractivity contribution in [2.75, 3.05) is 6.54 Å². The van der Waals surface area contributed by atoms with Gasteiger partial charge < -0.3 is 10.8 Å². The molecule has 0 aromatic heterocycles. The average molecular weight is 219 g/mol. The van der Waals surface area contributed by atoms with E-state index in [0.717, 1.165) is 19.3 Å². The van der Waals surface area contributed by atoms with Crippen LogP contribution in [0.1, 0.15) is 37.3 Å². The van der Waals surface area contributed by atoms with E-state index >= 15 is 0 Å². The van der Waals surface area contributed by atoms with Gasteiger partial charge >= 0.3 is 0 Å². The Bertz CT molecular complexity index is 386. The highest BCUT2D eigenvalue weighted by atomic mass is 16.3. The molecule has 0 amide bonds. The van der Waals surface area contributed by atoms with Crippen molar-refractivity contribution >= 4 is 0 Å². The second-order valence-electron chi connectivity index (χ2n) is 5.47. The highest BCUT2D eigenvalue weighted by Gasteiger charge is 2.45. The Morgan fingerprint density at radius 1 is 1.31 bits per heavy atom. The van der Waals surface area contributed by atoms with E-state index in [2.05, 4.69) is 31.2 Å². The molecule has 1 aliphatic carbocycles. The van der Waals surface area contributed by atoms with Crippen molar-refractivity contribution in [3.63, 3.8) is 0 Å². The Balaban J connectivity index is 2.41. The number of aliphatic hydroxyl groups is 1. The summed E-state index contributed by atoms with van der Waals surface area (Å²) in [6.45, 7) is 4.66. The Morgan fingerprint density at radius 3 is 2.50 bits per heavy atom. The quantitative estimate of drug-likeness (QED) is 0.800. The summed E-state index contributed by atoms with van der Waals surface area (Å²) < 4.78 is 0. The SMILES string of the molecule is Cc1ccccc1C1(CN)CCC(C)(O)C1. The number of nitrogens with two attached hydrogens (primary N) is 1. The van der Waals surface area contributed by atoms with Crippen LogP contribution in [0.3, 0.4) is 0 Å². The molecule has 2 unspecified atom stereocenters. The van der Waals surface area contributed by atoms with Crippen molar-refractivity contribution in [1.82, 2.24) is 0 Å². The summed E-state index contributed by atoms with van der Waals surface area (Å²) in [5.74, 6) is 0. The molecule has 0 bridgehead atoms. The zero-order chi connectivity index (χ0) is 11.8. The zero-order valence-corrected chi connectivity index (χ0v) is 10.2. The van der Waals surface area contributed by atoms with E-state index in [9.17, 15) is 5.11 Å². The predicted molar refractivity (Wildman–Crippen MR) is 66.4 cm³/mol. The highest BCUT2D eigenvalue weighted by molar-refractivity contribution is 5.35. The van der Waals surface area contributed by atoms with Crippen LogP contribution in [-0.4, -0.2) is 17.3 Å². The number of hydrogen-bond donors (Lipinski definition) is 2. The van der Waals surface area contributed by atoms with Crippen LogP contribution >= 0.6 is 0 Å². The zero-order valence-electron chi connectivity index (χ0n) is 10.2. The second-order valence-corrected chi connectivity index (χ2v) is 5.47. The topological polar surface area (TPSA) is 46.2 Å². The van der Waals surface area contributed by atoms with Crippen LogP contribution < -0.4 is 5.73 Å². The van der Waals surface area contributed by atoms with E-state index in [1.807, 2.05) is 6.92 Å². The first-order valence-corrected chi connectivity index (χ1v) is 5.98. The fourth-order valence-corrected chi connectivity index (χ4v) is 3.10. The van der Waals surface area contributed by atoms with Gasteiger partial charge in [-0.05, 0) is 44.2 Å². The van der Waals surface area contributed by atoms with Crippen molar-refractivity contribution in [3.05, 3.63) is 35.4 Å². The monoisotopic (exact) mass is 219 g/mol. The molecular formula is C14H21NO. The van der Waals surface area contributed by atoms with E-state index in [1.54, 1.807) is 0 Å². The van der Waals surface area contributed by atoms with Crippen molar-refractivity contribution in [3.8, 4) is 0 Å². The number of benzene rings is 1. The van der Waals surface area contributed by atoms with E-state index in [0.29, 0.717) is 6.54 Å². The van der Waals surface area contributed by atoms with Gasteiger partial charge in [0.25, 0.3) is 0 Å². The molecular weight excluding hydrogens is 198 g/mol. The molecule has 0 radical (unpaired) electrons. The molecule has 0 saturated heterocycles. The van der Waals surface area contributed by atoms with E-state index < -0.39 is 5.60 Å². The van der Waals surface area contributed by atoms with Crippen LogP contribution in [0.25, 0.3) is 0 Å². The van der Waals surface area contributed by atoms with Gasteiger partial charge in [-0.2, -0.15) is 0 Å². The van der Waals surface area contributed by atoms with Gasteiger partial charge in [0.05, 0.1) is 5.60 Å². The Labute approximate surface area is 97.5 Å². The third-order valence-electron chi connectivity index (χ3n) is 3.97. The standard InChI is InChI=1S/C14H21NO/c1-11-5-3-4-6-12(11)14(10-15)8-7-13(2,16)9-14/h3-6,16H,7-10,15H2,1-2H3. The molecule has 0 heterocycles. The van der Waals surface area contributed by atoms with Gasteiger partial charge in [0.2, 0.25) is 0 Å². The third kappa shape index (κ3) is 1.87. The minimum absolute atomic E-state index is 0.0190. The molecule has 88 valence electrons. The van der Waals surface area contributed by atoms with E-state index in [-0.39, 0.29) is 5.41 Å². The summed E-state index contributed by atoms with van der Waals surface area (Å²) in [6.07, 6.45) is 2.61. The molecule has 0 spiro atoms. The van der Waals surface area contributed by atoms with Gasteiger partial charge in [-0.1, -0.05) is 24.3 Å². The van der Waals surface area contributed by atoms with Crippen LogP contribution in [0.4, 0.5) is 0 Å². The lowest BCUT2D eigenvalue weighted by atomic mass is 9.76. The molecule has 2 atom stereocenters. The Kier molecular flexibility index (Phi) is 2.81. The van der Waals surface area contributed by atoms with Gasteiger partial charge in [0, 0.05) is 12.0 Å². The fraction of sp³-hybridized carbons (Fsp3) is 0.571. The van der Waals surface area contributed by atoms with Gasteiger partial charge in [0.15, 0.2) is 0 Å². The fourth-order valence-electron chi connectivity index (χ4n) is 3.10. The Morgan fingerprint density at radius 2 is 2.00 bits per heavy atom. The maximum Gasteiger partial charge on any atom is 0.0629 e. The molecule has 1 aromatic carbocycles. The van der Waals surface area contributed by atoms with E-state index in [1.165, 1.54) is 11.1 Å². The summed E-state index contributed by atoms with van der Waals surface area (Å²) in [6, 6.07) is 8.40. The number of hydrogen-bond acceptors (Lipinski definition) is 2. The summed E-state index contributed by atoms with van der Waals surface area (Å²) in [5, 5.41) is 10.2. The minimum atomic E-state index is -0.554. The average Bonchev–Trinajstić information content (AvgIpc) is 2.56. The molecule has 2 heteroatoms. The summed E-state index contributed by atoms with van der Waals surface area (Å²) in [4.78, 5) is 0. The predicted octanol–water partition coefficient (Wildman–Crippen LogP) is 2.13. The van der Waals surface area contributed by atoms with Gasteiger partial charge in [-0.15, -0.1) is 0 Å². The maximum atomic E-state index is 10.2. The van der Waals surface area contributed by atoms with Crippen LogP contribution in [0.2, 0.25) is 0 Å². The van der Waals surface area contributed by atoms with Crippen molar-refractivity contribution in [2.45, 2.75) is 44.1 Å². The van der Waals surface area contributed by atoms with Crippen LogP contribution in [0.5, 0.6) is 0 Å². The molecule has 1 aromatic rings. The summed E-state index contributed by atoms with van der Waals surface area (Å²) in [7, 11) is 0. The molecule has 3 N–H and O–H groups in total. The Hall–Kier alpha value is -0.860. The number of rotatable bonds is 2. The lowest BCUT2D eigenvalue weighted by Crippen LogP contribution is -2.35. The van der Waals surface area contributed by atoms with Crippen LogP contribution in [0, 0.1) is 6.92 Å². The van der Waals surface area contributed by atoms with Crippen molar-refractivity contribution in [1.29, 1.82) is 0 Å². The molecule has 1 saturated carbocycles. The van der Waals surface area contributed by atoms with E-state index in [4.69, 9.17) is 5.73 Å². The molecule has 1 fully saturated rings. The lowest BCUT2D eigenvalue weighted by Gasteiger charge is -2.31. The molecule has 0 aliphatic heterocycles. The lowest BCUT2D eigenvalue weighted by molar-refractivity contribution is 0.0611. The normalized spacial score (nSPS) is 34.2. The molecule has 16 heavy (non-hydrogen) atoms. The molecule has 2 nitrogen and oxygen atoms in total. The smallest absolute Gasteiger partial charge is 0.0629 e. The first-order chi connectivity index (χ1) is 7.49. The molecule has 1 aliphatic rings.